The van der Waals surface area contributed by atoms with Crippen LogP contribution in [0.2, 0.25) is 0 Å². The van der Waals surface area contributed by atoms with Crippen LogP contribution in [0.15, 0.2) is 24.5 Å². The average molecular weight is 205 g/mol. The first-order valence-electron chi connectivity index (χ1n) is 5.40. The molecule has 0 aromatic carbocycles. The third-order valence-electron chi connectivity index (χ3n) is 3.03. The van der Waals surface area contributed by atoms with E-state index in [2.05, 4.69) is 4.98 Å². The molecule has 0 radical (unpaired) electrons. The molecule has 0 atom stereocenters. The second-order valence-electron chi connectivity index (χ2n) is 4.16. The summed E-state index contributed by atoms with van der Waals surface area (Å²) in [5.41, 5.74) is -0.622. The van der Waals surface area contributed by atoms with E-state index in [9.17, 15) is 9.90 Å². The van der Waals surface area contributed by atoms with Crippen LogP contribution in [0, 0.1) is 0 Å². The summed E-state index contributed by atoms with van der Waals surface area (Å²) in [4.78, 5) is 15.9. The Bertz CT molecular complexity index is 342. The van der Waals surface area contributed by atoms with Crippen LogP contribution >= 0.6 is 0 Å². The highest BCUT2D eigenvalue weighted by molar-refractivity contribution is 6.02. The molecule has 1 aromatic rings. The van der Waals surface area contributed by atoms with Gasteiger partial charge in [-0.1, -0.05) is 19.3 Å². The first kappa shape index (κ1) is 10.3. The van der Waals surface area contributed by atoms with Crippen molar-refractivity contribution in [1.29, 1.82) is 0 Å². The normalized spacial score (nSPS) is 19.8. The molecule has 1 heterocycles. The van der Waals surface area contributed by atoms with Crippen LogP contribution in [0.5, 0.6) is 0 Å². The van der Waals surface area contributed by atoms with Crippen molar-refractivity contribution in [2.24, 2.45) is 0 Å². The van der Waals surface area contributed by atoms with E-state index in [1.54, 1.807) is 18.3 Å². The van der Waals surface area contributed by atoms with Crippen molar-refractivity contribution in [2.45, 2.75) is 37.7 Å². The molecule has 0 amide bonds. The lowest BCUT2D eigenvalue weighted by atomic mass is 9.80. The van der Waals surface area contributed by atoms with E-state index in [-0.39, 0.29) is 5.78 Å². The lowest BCUT2D eigenvalue weighted by Gasteiger charge is -2.30. The van der Waals surface area contributed by atoms with Gasteiger partial charge >= 0.3 is 0 Å². The van der Waals surface area contributed by atoms with Crippen LogP contribution in [0.1, 0.15) is 42.5 Å². The molecule has 3 heteroatoms. The number of rotatable bonds is 2. The summed E-state index contributed by atoms with van der Waals surface area (Å²) >= 11 is 0. The van der Waals surface area contributed by atoms with Gasteiger partial charge in [0.25, 0.3) is 0 Å². The van der Waals surface area contributed by atoms with E-state index >= 15 is 0 Å². The standard InChI is InChI=1S/C12H15NO2/c14-11(10-5-4-8-13-9-10)12(15)6-2-1-3-7-12/h4-5,8-9,15H,1-3,6-7H2. The predicted molar refractivity (Wildman–Crippen MR) is 56.6 cm³/mol. The summed E-state index contributed by atoms with van der Waals surface area (Å²) in [5, 5.41) is 10.2. The molecule has 0 spiro atoms. The molecule has 3 nitrogen and oxygen atoms in total. The number of nitrogens with zero attached hydrogens (tertiary/aromatic N) is 1. The Hall–Kier alpha value is -1.22. The Balaban J connectivity index is 2.20. The minimum atomic E-state index is -1.14. The van der Waals surface area contributed by atoms with Gasteiger partial charge in [0.1, 0.15) is 5.60 Å². The Morgan fingerprint density at radius 2 is 2.07 bits per heavy atom. The number of aromatic nitrogens is 1. The number of ketones is 1. The third-order valence-corrected chi connectivity index (χ3v) is 3.03. The number of hydrogen-bond acceptors (Lipinski definition) is 3. The average Bonchev–Trinajstić information content (AvgIpc) is 2.30. The van der Waals surface area contributed by atoms with E-state index < -0.39 is 5.60 Å². The molecule has 15 heavy (non-hydrogen) atoms. The number of aliphatic hydroxyl groups is 1. The first-order chi connectivity index (χ1) is 7.22. The van der Waals surface area contributed by atoms with Crippen LogP contribution in [0.25, 0.3) is 0 Å². The van der Waals surface area contributed by atoms with Gasteiger partial charge in [0.2, 0.25) is 0 Å². The van der Waals surface area contributed by atoms with Crippen LogP contribution in [0.4, 0.5) is 0 Å². The van der Waals surface area contributed by atoms with Crippen molar-refractivity contribution < 1.29 is 9.90 Å². The van der Waals surface area contributed by atoms with Crippen molar-refractivity contribution in [3.05, 3.63) is 30.1 Å². The van der Waals surface area contributed by atoms with Crippen molar-refractivity contribution in [3.63, 3.8) is 0 Å². The summed E-state index contributed by atoms with van der Waals surface area (Å²) in [6.45, 7) is 0. The van der Waals surface area contributed by atoms with E-state index in [0.29, 0.717) is 18.4 Å². The van der Waals surface area contributed by atoms with Gasteiger partial charge in [0.05, 0.1) is 0 Å². The molecule has 1 fully saturated rings. The summed E-state index contributed by atoms with van der Waals surface area (Å²) in [7, 11) is 0. The maximum Gasteiger partial charge on any atom is 0.195 e. The summed E-state index contributed by atoms with van der Waals surface area (Å²) in [6.07, 6.45) is 7.30. The van der Waals surface area contributed by atoms with Crippen LogP contribution in [-0.4, -0.2) is 21.5 Å². The Labute approximate surface area is 89.2 Å². The SMILES string of the molecule is O=C(c1cccnc1)C1(O)CCCCC1. The molecule has 0 bridgehead atoms. The fourth-order valence-electron chi connectivity index (χ4n) is 2.13. The molecule has 1 aliphatic rings. The molecule has 0 unspecified atom stereocenters. The zero-order chi connectivity index (χ0) is 10.7. The quantitative estimate of drug-likeness (QED) is 0.751. The maximum absolute atomic E-state index is 12.0. The second kappa shape index (κ2) is 4.11. The predicted octanol–water partition coefficient (Wildman–Crippen LogP) is 1.96. The number of carbonyl (C=O) groups excluding carboxylic acids is 1. The number of hydrogen-bond donors (Lipinski definition) is 1. The smallest absolute Gasteiger partial charge is 0.195 e. The van der Waals surface area contributed by atoms with Crippen molar-refractivity contribution in [1.82, 2.24) is 4.98 Å². The van der Waals surface area contributed by atoms with Crippen molar-refractivity contribution >= 4 is 5.78 Å². The van der Waals surface area contributed by atoms with Gasteiger partial charge in [-0.2, -0.15) is 0 Å². The second-order valence-corrected chi connectivity index (χ2v) is 4.16. The molecular weight excluding hydrogens is 190 g/mol. The van der Waals surface area contributed by atoms with Crippen molar-refractivity contribution in [3.8, 4) is 0 Å². The van der Waals surface area contributed by atoms with Gasteiger partial charge in [-0.15, -0.1) is 0 Å². The van der Waals surface area contributed by atoms with Crippen LogP contribution in [-0.2, 0) is 0 Å². The summed E-state index contributed by atoms with van der Waals surface area (Å²) in [5.74, 6) is -0.171. The minimum absolute atomic E-state index is 0.171. The monoisotopic (exact) mass is 205 g/mol. The minimum Gasteiger partial charge on any atom is -0.382 e. The number of carbonyl (C=O) groups is 1. The summed E-state index contributed by atoms with van der Waals surface area (Å²) in [6, 6.07) is 3.43. The van der Waals surface area contributed by atoms with Gasteiger partial charge in [-0.05, 0) is 25.0 Å². The Kier molecular flexibility index (Phi) is 2.82. The lowest BCUT2D eigenvalue weighted by Crippen LogP contribution is -2.40. The largest absolute Gasteiger partial charge is 0.382 e. The molecule has 1 aliphatic carbocycles. The molecule has 80 valence electrons. The highest BCUT2D eigenvalue weighted by atomic mass is 16.3. The molecular formula is C12H15NO2. The van der Waals surface area contributed by atoms with Gasteiger partial charge in [0.15, 0.2) is 5.78 Å². The third kappa shape index (κ3) is 2.07. The number of pyridine rings is 1. The fourth-order valence-corrected chi connectivity index (χ4v) is 2.13. The number of Topliss-reactive ketones (excluding diaryl/α,β-unsaturated/α-hetero) is 1. The molecule has 1 N–H and O–H groups in total. The van der Waals surface area contributed by atoms with E-state index in [1.165, 1.54) is 6.20 Å². The van der Waals surface area contributed by atoms with Gasteiger partial charge in [-0.25, -0.2) is 0 Å². The first-order valence-corrected chi connectivity index (χ1v) is 5.40. The topological polar surface area (TPSA) is 50.2 Å². The van der Waals surface area contributed by atoms with Gasteiger partial charge in [-0.3, -0.25) is 9.78 Å². The zero-order valence-electron chi connectivity index (χ0n) is 8.65. The van der Waals surface area contributed by atoms with Gasteiger partial charge in [0, 0.05) is 18.0 Å². The van der Waals surface area contributed by atoms with Crippen LogP contribution in [0.3, 0.4) is 0 Å². The van der Waals surface area contributed by atoms with Crippen molar-refractivity contribution in [2.75, 3.05) is 0 Å². The fraction of sp³-hybridized carbons (Fsp3) is 0.500. The maximum atomic E-state index is 12.0. The van der Waals surface area contributed by atoms with Gasteiger partial charge < -0.3 is 5.11 Å². The molecule has 1 saturated carbocycles. The summed E-state index contributed by atoms with van der Waals surface area (Å²) < 4.78 is 0. The molecule has 0 saturated heterocycles. The van der Waals surface area contributed by atoms with E-state index in [0.717, 1.165) is 19.3 Å². The zero-order valence-corrected chi connectivity index (χ0v) is 8.65. The molecule has 1 aromatic heterocycles. The van der Waals surface area contributed by atoms with E-state index in [1.807, 2.05) is 0 Å². The molecule has 0 aliphatic heterocycles. The highest BCUT2D eigenvalue weighted by Gasteiger charge is 2.37. The van der Waals surface area contributed by atoms with E-state index in [4.69, 9.17) is 0 Å². The van der Waals surface area contributed by atoms with Crippen LogP contribution < -0.4 is 0 Å². The Morgan fingerprint density at radius 1 is 1.33 bits per heavy atom. The lowest BCUT2D eigenvalue weighted by molar-refractivity contribution is 0.0116. The highest BCUT2D eigenvalue weighted by Crippen LogP contribution is 2.30. The molecule has 2 rings (SSSR count). The Morgan fingerprint density at radius 3 is 2.67 bits per heavy atom.